The van der Waals surface area contributed by atoms with Crippen molar-refractivity contribution in [2.45, 2.75) is 13.3 Å². The summed E-state index contributed by atoms with van der Waals surface area (Å²) >= 11 is 0. The number of rotatable bonds is 8. The number of methoxy groups -OCH3 is 1. The highest BCUT2D eigenvalue weighted by Crippen LogP contribution is 2.11. The maximum absolute atomic E-state index is 5.15. The van der Waals surface area contributed by atoms with Gasteiger partial charge in [0.15, 0.2) is 5.96 Å². The molecule has 0 atom stereocenters. The molecule has 0 spiro atoms. The lowest BCUT2D eigenvalue weighted by atomic mass is 10.1. The average Bonchev–Trinajstić information content (AvgIpc) is 2.53. The average molecular weight is 292 g/mol. The molecule has 0 heterocycles. The third kappa shape index (κ3) is 6.99. The van der Waals surface area contributed by atoms with Crippen molar-refractivity contribution in [1.29, 1.82) is 0 Å². The van der Waals surface area contributed by atoms with Crippen LogP contribution in [0.25, 0.3) is 0 Å². The summed E-state index contributed by atoms with van der Waals surface area (Å²) in [6, 6.07) is 8.16. The predicted octanol–water partition coefficient (Wildman–Crippen LogP) is 1.35. The van der Waals surface area contributed by atoms with Crippen LogP contribution in [0.5, 0.6) is 5.75 Å². The van der Waals surface area contributed by atoms with Crippen LogP contribution < -0.4 is 15.4 Å². The van der Waals surface area contributed by atoms with Crippen molar-refractivity contribution < 1.29 is 4.74 Å². The quantitative estimate of drug-likeness (QED) is 0.561. The molecule has 0 aromatic heterocycles. The number of benzene rings is 1. The molecule has 0 saturated carbocycles. The third-order valence-corrected chi connectivity index (χ3v) is 3.41. The summed E-state index contributed by atoms with van der Waals surface area (Å²) in [6.07, 6.45) is 0.958. The summed E-state index contributed by atoms with van der Waals surface area (Å²) in [7, 11) is 5.59. The van der Waals surface area contributed by atoms with E-state index >= 15 is 0 Å². The number of guanidine groups is 1. The summed E-state index contributed by atoms with van der Waals surface area (Å²) in [5.74, 6) is 1.75. The number of ether oxygens (including phenoxy) is 1. The van der Waals surface area contributed by atoms with Crippen molar-refractivity contribution in [3.8, 4) is 5.75 Å². The molecule has 1 rings (SSSR count). The summed E-state index contributed by atoms with van der Waals surface area (Å²) in [5, 5.41) is 6.64. The zero-order valence-electron chi connectivity index (χ0n) is 13.6. The van der Waals surface area contributed by atoms with Crippen LogP contribution in [-0.2, 0) is 6.42 Å². The minimum absolute atomic E-state index is 0.855. The van der Waals surface area contributed by atoms with E-state index < -0.39 is 0 Å². The minimum Gasteiger partial charge on any atom is -0.497 e. The van der Waals surface area contributed by atoms with E-state index in [1.54, 1.807) is 14.2 Å². The van der Waals surface area contributed by atoms with E-state index in [0.29, 0.717) is 0 Å². The monoisotopic (exact) mass is 292 g/mol. The zero-order chi connectivity index (χ0) is 15.5. The van der Waals surface area contributed by atoms with E-state index in [1.165, 1.54) is 5.56 Å². The summed E-state index contributed by atoms with van der Waals surface area (Å²) in [5.41, 5.74) is 1.28. The molecule has 0 aliphatic rings. The molecule has 0 fully saturated rings. The van der Waals surface area contributed by atoms with Crippen LogP contribution in [0.1, 0.15) is 12.5 Å². The van der Waals surface area contributed by atoms with Gasteiger partial charge in [-0.15, -0.1) is 0 Å². The maximum Gasteiger partial charge on any atom is 0.191 e. The Bertz CT molecular complexity index is 417. The highest BCUT2D eigenvalue weighted by molar-refractivity contribution is 5.79. The highest BCUT2D eigenvalue weighted by atomic mass is 16.5. The fourth-order valence-corrected chi connectivity index (χ4v) is 1.86. The lowest BCUT2D eigenvalue weighted by molar-refractivity contribution is 0.357. The second kappa shape index (κ2) is 10.0. The van der Waals surface area contributed by atoms with Crippen molar-refractivity contribution in [1.82, 2.24) is 15.5 Å². The first-order valence-electron chi connectivity index (χ1n) is 7.45. The van der Waals surface area contributed by atoms with Gasteiger partial charge >= 0.3 is 0 Å². The molecule has 5 heteroatoms. The Morgan fingerprint density at radius 1 is 1.19 bits per heavy atom. The minimum atomic E-state index is 0.855. The molecule has 0 bridgehead atoms. The van der Waals surface area contributed by atoms with Crippen molar-refractivity contribution in [3.05, 3.63) is 29.8 Å². The van der Waals surface area contributed by atoms with Crippen LogP contribution in [0.3, 0.4) is 0 Å². The first kappa shape index (κ1) is 17.3. The first-order chi connectivity index (χ1) is 10.2. The molecule has 0 unspecified atom stereocenters. The SMILES string of the molecule is CCN(C)CCNC(=NC)NCCc1ccc(OC)cc1. The van der Waals surface area contributed by atoms with Gasteiger partial charge in [-0.3, -0.25) is 4.99 Å². The molecular formula is C16H28N4O. The van der Waals surface area contributed by atoms with Gasteiger partial charge in [0.25, 0.3) is 0 Å². The van der Waals surface area contributed by atoms with Crippen LogP contribution in [0.15, 0.2) is 29.3 Å². The van der Waals surface area contributed by atoms with Crippen LogP contribution in [-0.4, -0.2) is 58.2 Å². The Morgan fingerprint density at radius 2 is 1.86 bits per heavy atom. The van der Waals surface area contributed by atoms with Crippen LogP contribution in [0.2, 0.25) is 0 Å². The molecule has 2 N–H and O–H groups in total. The molecule has 0 amide bonds. The first-order valence-corrected chi connectivity index (χ1v) is 7.45. The Labute approximate surface area is 128 Å². The normalized spacial score (nSPS) is 11.6. The topological polar surface area (TPSA) is 48.9 Å². The van der Waals surface area contributed by atoms with Gasteiger partial charge in [0.05, 0.1) is 7.11 Å². The van der Waals surface area contributed by atoms with E-state index in [9.17, 15) is 0 Å². The second-order valence-electron chi connectivity index (χ2n) is 4.92. The van der Waals surface area contributed by atoms with Crippen molar-refractivity contribution in [2.24, 2.45) is 4.99 Å². The Hall–Kier alpha value is -1.75. The Kier molecular flexibility index (Phi) is 8.28. The maximum atomic E-state index is 5.15. The number of hydrogen-bond acceptors (Lipinski definition) is 3. The highest BCUT2D eigenvalue weighted by Gasteiger charge is 1.99. The van der Waals surface area contributed by atoms with E-state index in [1.807, 2.05) is 12.1 Å². The molecule has 0 radical (unpaired) electrons. The molecule has 1 aromatic rings. The number of likely N-dealkylation sites (N-methyl/N-ethyl adjacent to an activating group) is 1. The van der Waals surface area contributed by atoms with Crippen LogP contribution >= 0.6 is 0 Å². The molecular weight excluding hydrogens is 264 g/mol. The van der Waals surface area contributed by atoms with Crippen molar-refractivity contribution in [3.63, 3.8) is 0 Å². The largest absolute Gasteiger partial charge is 0.497 e. The lowest BCUT2D eigenvalue weighted by Gasteiger charge is -2.16. The van der Waals surface area contributed by atoms with Gasteiger partial charge in [-0.25, -0.2) is 0 Å². The number of nitrogens with one attached hydrogen (secondary N) is 2. The third-order valence-electron chi connectivity index (χ3n) is 3.41. The zero-order valence-corrected chi connectivity index (χ0v) is 13.6. The van der Waals surface area contributed by atoms with Crippen LogP contribution in [0, 0.1) is 0 Å². The molecule has 21 heavy (non-hydrogen) atoms. The number of nitrogens with zero attached hydrogens (tertiary/aromatic N) is 2. The van der Waals surface area contributed by atoms with E-state index in [0.717, 1.165) is 44.3 Å². The van der Waals surface area contributed by atoms with E-state index in [2.05, 4.69) is 46.6 Å². The van der Waals surface area contributed by atoms with Gasteiger partial charge in [-0.05, 0) is 37.7 Å². The Morgan fingerprint density at radius 3 is 2.43 bits per heavy atom. The summed E-state index contributed by atoms with van der Waals surface area (Å²) < 4.78 is 5.15. The lowest BCUT2D eigenvalue weighted by Crippen LogP contribution is -2.41. The van der Waals surface area contributed by atoms with Gasteiger partial charge in [-0.1, -0.05) is 19.1 Å². The number of hydrogen-bond donors (Lipinski definition) is 2. The summed E-state index contributed by atoms with van der Waals surface area (Å²) in [6.45, 7) is 5.98. The number of aliphatic imine (C=N–C) groups is 1. The van der Waals surface area contributed by atoms with E-state index in [4.69, 9.17) is 4.74 Å². The van der Waals surface area contributed by atoms with Crippen molar-refractivity contribution >= 4 is 5.96 Å². The molecule has 5 nitrogen and oxygen atoms in total. The Balaban J connectivity index is 2.25. The van der Waals surface area contributed by atoms with Gasteiger partial charge in [0, 0.05) is 26.7 Å². The van der Waals surface area contributed by atoms with Gasteiger partial charge < -0.3 is 20.3 Å². The molecule has 118 valence electrons. The standard InChI is InChI=1S/C16H28N4O/c1-5-20(3)13-12-19-16(17-2)18-11-10-14-6-8-15(21-4)9-7-14/h6-9H,5,10-13H2,1-4H3,(H2,17,18,19). The van der Waals surface area contributed by atoms with Crippen LogP contribution in [0.4, 0.5) is 0 Å². The molecule has 0 saturated heterocycles. The fourth-order valence-electron chi connectivity index (χ4n) is 1.86. The van der Waals surface area contributed by atoms with Gasteiger partial charge in [0.1, 0.15) is 5.75 Å². The molecule has 0 aliphatic carbocycles. The van der Waals surface area contributed by atoms with Gasteiger partial charge in [-0.2, -0.15) is 0 Å². The molecule has 0 aliphatic heterocycles. The smallest absolute Gasteiger partial charge is 0.191 e. The molecule has 1 aromatic carbocycles. The van der Waals surface area contributed by atoms with Gasteiger partial charge in [0.2, 0.25) is 0 Å². The van der Waals surface area contributed by atoms with E-state index in [-0.39, 0.29) is 0 Å². The second-order valence-corrected chi connectivity index (χ2v) is 4.92. The fraction of sp³-hybridized carbons (Fsp3) is 0.562. The predicted molar refractivity (Wildman–Crippen MR) is 89.2 cm³/mol. The van der Waals surface area contributed by atoms with Crippen molar-refractivity contribution in [2.75, 3.05) is 47.4 Å². The summed E-state index contributed by atoms with van der Waals surface area (Å²) in [4.78, 5) is 6.49.